The van der Waals surface area contributed by atoms with E-state index in [9.17, 15) is 12.8 Å². The van der Waals surface area contributed by atoms with Crippen LogP contribution < -0.4 is 9.46 Å². The van der Waals surface area contributed by atoms with Crippen molar-refractivity contribution >= 4 is 33.2 Å². The fraction of sp³-hybridized carbons (Fsp3) is 0.0870. The van der Waals surface area contributed by atoms with Gasteiger partial charge in [0, 0.05) is 5.56 Å². The minimum atomic E-state index is -3.59. The van der Waals surface area contributed by atoms with Crippen LogP contribution in [0.5, 0.6) is 5.75 Å². The monoisotopic (exact) mass is 437 g/mol. The predicted octanol–water partition coefficient (Wildman–Crippen LogP) is 4.61. The van der Waals surface area contributed by atoms with Crippen molar-refractivity contribution in [2.45, 2.75) is 4.90 Å². The minimum absolute atomic E-state index is 0.215. The summed E-state index contributed by atoms with van der Waals surface area (Å²) in [6.07, 6.45) is 3.72. The molecule has 0 unspecified atom stereocenters. The van der Waals surface area contributed by atoms with Gasteiger partial charge < -0.3 is 9.72 Å². The average Bonchev–Trinajstić information content (AvgIpc) is 3.21. The molecule has 0 radical (unpaired) electrons. The molecule has 31 heavy (non-hydrogen) atoms. The number of halogens is 1. The fourth-order valence-corrected chi connectivity index (χ4v) is 4.19. The summed E-state index contributed by atoms with van der Waals surface area (Å²) in [6.45, 7) is -0.860. The quantitative estimate of drug-likeness (QED) is 0.442. The van der Waals surface area contributed by atoms with Crippen LogP contribution in [0.4, 0.5) is 4.39 Å². The first-order valence-electron chi connectivity index (χ1n) is 9.50. The van der Waals surface area contributed by atoms with Gasteiger partial charge >= 0.3 is 0 Å². The molecule has 0 aliphatic carbocycles. The smallest absolute Gasteiger partial charge is 0.240 e. The van der Waals surface area contributed by atoms with Gasteiger partial charge in [-0.05, 0) is 54.6 Å². The van der Waals surface area contributed by atoms with Gasteiger partial charge in [-0.25, -0.2) is 22.5 Å². The molecular formula is C23H20FN3O3S. The molecule has 0 fully saturated rings. The van der Waals surface area contributed by atoms with Gasteiger partial charge in [0.25, 0.3) is 0 Å². The first-order valence-corrected chi connectivity index (χ1v) is 11.0. The van der Waals surface area contributed by atoms with Gasteiger partial charge in [-0.15, -0.1) is 0 Å². The van der Waals surface area contributed by atoms with Gasteiger partial charge in [-0.1, -0.05) is 42.5 Å². The number of aromatic nitrogens is 2. The van der Waals surface area contributed by atoms with Crippen molar-refractivity contribution in [3.63, 3.8) is 0 Å². The van der Waals surface area contributed by atoms with E-state index in [1.165, 1.54) is 7.05 Å². The molecule has 0 aliphatic heterocycles. The Labute approximate surface area is 179 Å². The number of fused-ring (bicyclic) bond motifs is 1. The molecule has 0 bridgehead atoms. The van der Waals surface area contributed by atoms with Crippen LogP contribution in [-0.2, 0) is 10.0 Å². The molecule has 0 spiro atoms. The highest BCUT2D eigenvalue weighted by molar-refractivity contribution is 7.89. The van der Waals surface area contributed by atoms with Gasteiger partial charge in [0.2, 0.25) is 16.9 Å². The van der Waals surface area contributed by atoms with E-state index in [4.69, 9.17) is 4.74 Å². The molecule has 4 aromatic rings. The summed E-state index contributed by atoms with van der Waals surface area (Å²) in [5.74, 6) is 1.13. The number of nitrogens with one attached hydrogen (secondary N) is 2. The lowest BCUT2D eigenvalue weighted by Gasteiger charge is -2.09. The Bertz CT molecular complexity index is 1350. The first kappa shape index (κ1) is 20.8. The summed E-state index contributed by atoms with van der Waals surface area (Å²) in [5, 5.41) is 0. The largest absolute Gasteiger partial charge is 0.463 e. The number of ether oxygens (including phenoxy) is 1. The maximum absolute atomic E-state index is 12.4. The molecule has 0 aliphatic rings. The van der Waals surface area contributed by atoms with Crippen LogP contribution in [0.2, 0.25) is 0 Å². The second-order valence-corrected chi connectivity index (χ2v) is 8.57. The van der Waals surface area contributed by atoms with Crippen molar-refractivity contribution < 1.29 is 17.5 Å². The standard InChI is InChI=1S/C23H20FN3O3S/c1-25-31(28,29)22-5-3-2-4-19(22)17-9-12-20-21(14-17)27-23(26-20)13-8-16-6-10-18(11-7-16)30-15-24/h2-14,25H,15H2,1H3,(H,26,27)/b13-8+. The van der Waals surface area contributed by atoms with E-state index in [0.29, 0.717) is 17.1 Å². The number of aromatic amines is 1. The first-order chi connectivity index (χ1) is 15.0. The molecule has 2 N–H and O–H groups in total. The number of H-pyrrole nitrogens is 1. The second kappa shape index (κ2) is 8.71. The molecule has 158 valence electrons. The summed E-state index contributed by atoms with van der Waals surface area (Å²) < 4.78 is 44.1. The third-order valence-corrected chi connectivity index (χ3v) is 6.27. The lowest BCUT2D eigenvalue weighted by molar-refractivity contribution is 0.192. The molecule has 0 saturated carbocycles. The van der Waals surface area contributed by atoms with Crippen molar-refractivity contribution in [3.8, 4) is 16.9 Å². The third kappa shape index (κ3) is 4.50. The molecular weight excluding hydrogens is 417 g/mol. The van der Waals surface area contributed by atoms with E-state index in [0.717, 1.165) is 22.2 Å². The molecule has 0 amide bonds. The SMILES string of the molecule is CNS(=O)(=O)c1ccccc1-c1ccc2[nH]c(/C=C/c3ccc(OCF)cc3)nc2c1. The van der Waals surface area contributed by atoms with Crippen LogP contribution in [0.3, 0.4) is 0 Å². The van der Waals surface area contributed by atoms with Crippen LogP contribution in [-0.4, -0.2) is 32.3 Å². The summed E-state index contributed by atoms with van der Waals surface area (Å²) in [7, 11) is -2.20. The number of benzene rings is 3. The molecule has 6 nitrogen and oxygen atoms in total. The summed E-state index contributed by atoms with van der Waals surface area (Å²) >= 11 is 0. The third-order valence-electron chi connectivity index (χ3n) is 4.79. The van der Waals surface area contributed by atoms with E-state index in [2.05, 4.69) is 14.7 Å². The molecule has 1 aromatic heterocycles. The normalized spacial score (nSPS) is 11.9. The van der Waals surface area contributed by atoms with Crippen LogP contribution in [0.1, 0.15) is 11.4 Å². The highest BCUT2D eigenvalue weighted by atomic mass is 32.2. The number of imidazole rings is 1. The van der Waals surface area contributed by atoms with Crippen LogP contribution in [0.15, 0.2) is 71.6 Å². The Morgan fingerprint density at radius 2 is 1.84 bits per heavy atom. The summed E-state index contributed by atoms with van der Waals surface area (Å²) in [4.78, 5) is 8.04. The zero-order valence-corrected chi connectivity index (χ0v) is 17.5. The molecule has 0 atom stereocenters. The lowest BCUT2D eigenvalue weighted by Crippen LogP contribution is -2.19. The lowest BCUT2D eigenvalue weighted by atomic mass is 10.1. The van der Waals surface area contributed by atoms with Crippen LogP contribution >= 0.6 is 0 Å². The maximum Gasteiger partial charge on any atom is 0.240 e. The van der Waals surface area contributed by atoms with Crippen molar-refractivity contribution in [1.82, 2.24) is 14.7 Å². The van der Waals surface area contributed by atoms with Gasteiger partial charge in [0.1, 0.15) is 11.6 Å². The van der Waals surface area contributed by atoms with Crippen LogP contribution in [0, 0.1) is 0 Å². The number of sulfonamides is 1. The zero-order chi connectivity index (χ0) is 21.8. The van der Waals surface area contributed by atoms with Gasteiger partial charge in [0.05, 0.1) is 15.9 Å². The van der Waals surface area contributed by atoms with E-state index in [-0.39, 0.29) is 4.90 Å². The number of hydrogen-bond donors (Lipinski definition) is 2. The Morgan fingerprint density at radius 3 is 2.58 bits per heavy atom. The van der Waals surface area contributed by atoms with E-state index >= 15 is 0 Å². The van der Waals surface area contributed by atoms with Crippen molar-refractivity contribution in [1.29, 1.82) is 0 Å². The second-order valence-electron chi connectivity index (χ2n) is 6.71. The van der Waals surface area contributed by atoms with Crippen molar-refractivity contribution in [2.24, 2.45) is 0 Å². The highest BCUT2D eigenvalue weighted by Crippen LogP contribution is 2.29. The number of hydrogen-bond acceptors (Lipinski definition) is 4. The maximum atomic E-state index is 12.4. The minimum Gasteiger partial charge on any atom is -0.463 e. The molecule has 3 aromatic carbocycles. The summed E-state index contributed by atoms with van der Waals surface area (Å²) in [6, 6.07) is 19.5. The van der Waals surface area contributed by atoms with Crippen molar-refractivity contribution in [2.75, 3.05) is 13.9 Å². The van der Waals surface area contributed by atoms with Gasteiger partial charge in [0.15, 0.2) is 0 Å². The Kier molecular flexibility index (Phi) is 5.83. The van der Waals surface area contributed by atoms with Gasteiger partial charge in [-0.3, -0.25) is 0 Å². The Balaban J connectivity index is 1.64. The molecule has 4 rings (SSSR count). The van der Waals surface area contributed by atoms with E-state index < -0.39 is 16.9 Å². The molecule has 0 saturated heterocycles. The average molecular weight is 437 g/mol. The van der Waals surface area contributed by atoms with E-state index in [1.807, 2.05) is 42.5 Å². The molecule has 1 heterocycles. The topological polar surface area (TPSA) is 84.1 Å². The number of nitrogens with zero attached hydrogens (tertiary/aromatic N) is 1. The molecule has 8 heteroatoms. The Hall–Kier alpha value is -3.49. The number of alkyl halides is 1. The van der Waals surface area contributed by atoms with Crippen molar-refractivity contribution in [3.05, 3.63) is 78.1 Å². The predicted molar refractivity (Wildman–Crippen MR) is 120 cm³/mol. The summed E-state index contributed by atoms with van der Waals surface area (Å²) in [5.41, 5.74) is 3.84. The highest BCUT2D eigenvalue weighted by Gasteiger charge is 2.17. The van der Waals surface area contributed by atoms with Crippen LogP contribution in [0.25, 0.3) is 34.3 Å². The van der Waals surface area contributed by atoms with Gasteiger partial charge in [-0.2, -0.15) is 0 Å². The Morgan fingerprint density at radius 1 is 1.06 bits per heavy atom. The van der Waals surface area contributed by atoms with E-state index in [1.54, 1.807) is 36.4 Å². The zero-order valence-electron chi connectivity index (χ0n) is 16.7. The number of rotatable bonds is 7. The fourth-order valence-electron chi connectivity index (χ4n) is 3.23.